The third-order valence-electron chi connectivity index (χ3n) is 5.65. The standard InChI is InChI=1S/C25H27N3O3/c1-3-15-28-21-17-27(16-14-18-8-6-5-7-9-18)24(29)22(21)23(26-25(28)30)19-10-12-20(13-11-19)31-4-2/h3,5-13,23H,1,4,14-17H2,2H3,(H,26,30)/t23-/m0/s1. The van der Waals surface area contributed by atoms with Gasteiger partial charge in [0.1, 0.15) is 5.75 Å². The van der Waals surface area contributed by atoms with Crippen molar-refractivity contribution in [1.29, 1.82) is 0 Å². The lowest BCUT2D eigenvalue weighted by molar-refractivity contribution is -0.125. The minimum atomic E-state index is -0.478. The fourth-order valence-corrected chi connectivity index (χ4v) is 4.13. The quantitative estimate of drug-likeness (QED) is 0.667. The predicted molar refractivity (Wildman–Crippen MR) is 120 cm³/mol. The Hall–Kier alpha value is -3.54. The summed E-state index contributed by atoms with van der Waals surface area (Å²) in [5.74, 6) is 0.733. The van der Waals surface area contributed by atoms with Gasteiger partial charge in [0.2, 0.25) is 0 Å². The van der Waals surface area contributed by atoms with Gasteiger partial charge in [-0.05, 0) is 36.6 Å². The van der Waals surface area contributed by atoms with E-state index in [9.17, 15) is 9.59 Å². The summed E-state index contributed by atoms with van der Waals surface area (Å²) in [5.41, 5.74) is 3.44. The smallest absolute Gasteiger partial charge is 0.322 e. The number of hydrogen-bond donors (Lipinski definition) is 1. The largest absolute Gasteiger partial charge is 0.494 e. The lowest BCUT2D eigenvalue weighted by Gasteiger charge is -2.33. The topological polar surface area (TPSA) is 61.9 Å². The molecule has 0 bridgehead atoms. The molecule has 3 amide bonds. The van der Waals surface area contributed by atoms with Crippen LogP contribution in [0.2, 0.25) is 0 Å². The second-order valence-corrected chi connectivity index (χ2v) is 7.61. The van der Waals surface area contributed by atoms with Crippen LogP contribution >= 0.6 is 0 Å². The molecule has 2 aromatic rings. The first-order valence-corrected chi connectivity index (χ1v) is 10.6. The highest BCUT2D eigenvalue weighted by atomic mass is 16.5. The molecular formula is C25H27N3O3. The molecule has 2 aliphatic rings. The molecule has 1 N–H and O–H groups in total. The van der Waals surface area contributed by atoms with Gasteiger partial charge in [0.25, 0.3) is 5.91 Å². The molecule has 4 rings (SSSR count). The second-order valence-electron chi connectivity index (χ2n) is 7.61. The summed E-state index contributed by atoms with van der Waals surface area (Å²) in [6.45, 7) is 7.67. The van der Waals surface area contributed by atoms with E-state index >= 15 is 0 Å². The Labute approximate surface area is 182 Å². The lowest BCUT2D eigenvalue weighted by Crippen LogP contribution is -2.47. The van der Waals surface area contributed by atoms with E-state index in [1.807, 2.05) is 54.3 Å². The van der Waals surface area contributed by atoms with E-state index in [1.165, 1.54) is 5.56 Å². The highest BCUT2D eigenvalue weighted by Crippen LogP contribution is 2.36. The highest BCUT2D eigenvalue weighted by molar-refractivity contribution is 6.01. The molecule has 0 aliphatic carbocycles. The highest BCUT2D eigenvalue weighted by Gasteiger charge is 2.43. The van der Waals surface area contributed by atoms with Crippen molar-refractivity contribution in [3.05, 3.63) is 89.6 Å². The molecule has 0 saturated heterocycles. The van der Waals surface area contributed by atoms with Crippen molar-refractivity contribution >= 4 is 11.9 Å². The van der Waals surface area contributed by atoms with Crippen LogP contribution in [-0.4, -0.2) is 48.0 Å². The molecule has 0 aromatic heterocycles. The Kier molecular flexibility index (Phi) is 6.07. The van der Waals surface area contributed by atoms with Gasteiger partial charge in [-0.25, -0.2) is 4.79 Å². The summed E-state index contributed by atoms with van der Waals surface area (Å²) >= 11 is 0. The minimum absolute atomic E-state index is 0.0288. The van der Waals surface area contributed by atoms with Crippen LogP contribution in [0, 0.1) is 0 Å². The van der Waals surface area contributed by atoms with Crippen molar-refractivity contribution in [2.45, 2.75) is 19.4 Å². The maximum atomic E-state index is 13.4. The molecule has 0 spiro atoms. The zero-order valence-electron chi connectivity index (χ0n) is 17.7. The number of ether oxygens (including phenoxy) is 1. The molecule has 1 atom stereocenters. The summed E-state index contributed by atoms with van der Waals surface area (Å²) < 4.78 is 5.52. The molecule has 0 unspecified atom stereocenters. The van der Waals surface area contributed by atoms with Gasteiger partial charge in [-0.3, -0.25) is 9.69 Å². The van der Waals surface area contributed by atoms with E-state index in [4.69, 9.17) is 4.74 Å². The van der Waals surface area contributed by atoms with Gasteiger partial charge in [0.05, 0.1) is 30.5 Å². The number of carbonyl (C=O) groups is 2. The first-order chi connectivity index (χ1) is 15.1. The number of benzene rings is 2. The summed E-state index contributed by atoms with van der Waals surface area (Å²) in [6.07, 6.45) is 2.45. The summed E-state index contributed by atoms with van der Waals surface area (Å²) in [6, 6.07) is 17.0. The molecule has 31 heavy (non-hydrogen) atoms. The SMILES string of the molecule is C=CCN1C(=O)N[C@@H](c2ccc(OCC)cc2)C2=C1CN(CCc1ccccc1)C2=O. The number of rotatable bonds is 8. The fourth-order valence-electron chi connectivity index (χ4n) is 4.13. The van der Waals surface area contributed by atoms with Crippen LogP contribution in [0.1, 0.15) is 24.1 Å². The van der Waals surface area contributed by atoms with Crippen LogP contribution in [-0.2, 0) is 11.2 Å². The van der Waals surface area contributed by atoms with Crippen LogP contribution in [0.25, 0.3) is 0 Å². The van der Waals surface area contributed by atoms with Crippen molar-refractivity contribution in [3.63, 3.8) is 0 Å². The maximum absolute atomic E-state index is 13.4. The maximum Gasteiger partial charge on any atom is 0.322 e. The van der Waals surface area contributed by atoms with E-state index < -0.39 is 6.04 Å². The van der Waals surface area contributed by atoms with Crippen molar-refractivity contribution in [1.82, 2.24) is 15.1 Å². The first kappa shape index (κ1) is 20.7. The molecule has 0 radical (unpaired) electrons. The van der Waals surface area contributed by atoms with E-state index in [0.29, 0.717) is 31.8 Å². The normalized spacial score (nSPS) is 18.2. The Bertz CT molecular complexity index is 998. The monoisotopic (exact) mass is 417 g/mol. The van der Waals surface area contributed by atoms with E-state index in [2.05, 4.69) is 24.0 Å². The number of carbonyl (C=O) groups excluding carboxylic acids is 2. The Morgan fingerprint density at radius 3 is 2.55 bits per heavy atom. The number of hydrogen-bond acceptors (Lipinski definition) is 3. The van der Waals surface area contributed by atoms with Crippen LogP contribution in [0.5, 0.6) is 5.75 Å². The van der Waals surface area contributed by atoms with Gasteiger partial charge in [0, 0.05) is 13.1 Å². The molecule has 2 aromatic carbocycles. The van der Waals surface area contributed by atoms with E-state index in [1.54, 1.807) is 11.0 Å². The van der Waals surface area contributed by atoms with Gasteiger partial charge in [-0.2, -0.15) is 0 Å². The van der Waals surface area contributed by atoms with Gasteiger partial charge in [0.15, 0.2) is 0 Å². The first-order valence-electron chi connectivity index (χ1n) is 10.6. The van der Waals surface area contributed by atoms with E-state index in [-0.39, 0.29) is 11.9 Å². The summed E-state index contributed by atoms with van der Waals surface area (Å²) in [4.78, 5) is 29.7. The minimum Gasteiger partial charge on any atom is -0.494 e. The third kappa shape index (κ3) is 4.19. The average molecular weight is 418 g/mol. The number of urea groups is 1. The van der Waals surface area contributed by atoms with Crippen molar-refractivity contribution in [3.8, 4) is 5.75 Å². The number of amides is 3. The van der Waals surface area contributed by atoms with E-state index in [0.717, 1.165) is 23.4 Å². The van der Waals surface area contributed by atoms with Crippen LogP contribution in [0.3, 0.4) is 0 Å². The molecule has 2 aliphatic heterocycles. The van der Waals surface area contributed by atoms with Gasteiger partial charge in [-0.1, -0.05) is 48.5 Å². The molecule has 0 saturated carbocycles. The van der Waals surface area contributed by atoms with Gasteiger partial charge >= 0.3 is 6.03 Å². The summed E-state index contributed by atoms with van der Waals surface area (Å²) in [5, 5.41) is 3.01. The fraction of sp³-hybridized carbons (Fsp3) is 0.280. The zero-order chi connectivity index (χ0) is 21.8. The molecule has 2 heterocycles. The van der Waals surface area contributed by atoms with Crippen molar-refractivity contribution in [2.75, 3.05) is 26.2 Å². The molecule has 0 fully saturated rings. The number of nitrogens with zero attached hydrogens (tertiary/aromatic N) is 2. The predicted octanol–water partition coefficient (Wildman–Crippen LogP) is 3.68. The Morgan fingerprint density at radius 2 is 1.87 bits per heavy atom. The van der Waals surface area contributed by atoms with Gasteiger partial charge < -0.3 is 15.0 Å². The molecule has 6 heteroatoms. The van der Waals surface area contributed by atoms with Crippen LogP contribution < -0.4 is 10.1 Å². The molecule has 6 nitrogen and oxygen atoms in total. The second kappa shape index (κ2) is 9.08. The third-order valence-corrected chi connectivity index (χ3v) is 5.65. The Balaban J connectivity index is 1.61. The van der Waals surface area contributed by atoms with Crippen molar-refractivity contribution in [2.24, 2.45) is 0 Å². The van der Waals surface area contributed by atoms with Gasteiger partial charge in [-0.15, -0.1) is 6.58 Å². The van der Waals surface area contributed by atoms with Crippen molar-refractivity contribution < 1.29 is 14.3 Å². The summed E-state index contributed by atoms with van der Waals surface area (Å²) in [7, 11) is 0. The van der Waals surface area contributed by atoms with Crippen LogP contribution in [0.15, 0.2) is 78.5 Å². The average Bonchev–Trinajstić information content (AvgIpc) is 3.12. The van der Waals surface area contributed by atoms with Crippen LogP contribution in [0.4, 0.5) is 4.79 Å². The Morgan fingerprint density at radius 1 is 1.13 bits per heavy atom. The molecular weight excluding hydrogens is 390 g/mol. The zero-order valence-corrected chi connectivity index (χ0v) is 17.7. The lowest BCUT2D eigenvalue weighted by atomic mass is 9.95. The molecule has 160 valence electrons. The number of nitrogens with one attached hydrogen (secondary N) is 1.